The first-order chi connectivity index (χ1) is 13.8. The van der Waals surface area contributed by atoms with Crippen LogP contribution in [0.15, 0.2) is 66.7 Å². The van der Waals surface area contributed by atoms with Gasteiger partial charge in [-0.1, -0.05) is 66.7 Å². The van der Waals surface area contributed by atoms with Crippen LogP contribution in [0.2, 0.25) is 0 Å². The third kappa shape index (κ3) is 3.39. The normalized spacial score (nSPS) is 27.3. The largest absolute Gasteiger partial charge is 0.298 e. The zero-order chi connectivity index (χ0) is 18.9. The average molecular weight is 369 g/mol. The number of fused-ring (bicyclic) bond motifs is 2. The minimum atomic E-state index is 0.680. The third-order valence-corrected chi connectivity index (χ3v) is 7.40. The number of benzene rings is 3. The molecule has 0 amide bonds. The van der Waals surface area contributed by atoms with Gasteiger partial charge in [0.25, 0.3) is 0 Å². The monoisotopic (exact) mass is 368 g/mol. The number of hydrogen-bond donors (Lipinski definition) is 0. The van der Waals surface area contributed by atoms with Gasteiger partial charge in [0, 0.05) is 5.56 Å². The second-order valence-electron chi connectivity index (χ2n) is 8.93. The van der Waals surface area contributed by atoms with Crippen molar-refractivity contribution in [3.8, 4) is 0 Å². The van der Waals surface area contributed by atoms with Gasteiger partial charge in [-0.25, -0.2) is 0 Å². The maximum Gasteiger partial charge on any atom is 0.150 e. The molecule has 5 rings (SSSR count). The van der Waals surface area contributed by atoms with Crippen LogP contribution in [0.5, 0.6) is 0 Å². The van der Waals surface area contributed by atoms with Crippen LogP contribution in [-0.4, -0.2) is 6.29 Å². The highest BCUT2D eigenvalue weighted by Gasteiger charge is 2.36. The summed E-state index contributed by atoms with van der Waals surface area (Å²) in [5.41, 5.74) is 3.76. The number of carbonyl (C=O) groups excluding carboxylic acids is 1. The summed E-state index contributed by atoms with van der Waals surface area (Å²) in [5, 5.41) is 2.73. The van der Waals surface area contributed by atoms with Crippen molar-refractivity contribution in [2.24, 2.45) is 11.8 Å². The van der Waals surface area contributed by atoms with E-state index >= 15 is 0 Å². The molecule has 0 heterocycles. The average Bonchev–Trinajstić information content (AvgIpc) is 2.78. The maximum atomic E-state index is 10.9. The maximum absolute atomic E-state index is 10.9. The summed E-state index contributed by atoms with van der Waals surface area (Å²) in [6.45, 7) is 0. The molecule has 4 atom stereocenters. The molecule has 1 heteroatoms. The van der Waals surface area contributed by atoms with E-state index in [4.69, 9.17) is 0 Å². The molecule has 2 fully saturated rings. The molecule has 0 bridgehead atoms. The molecule has 28 heavy (non-hydrogen) atoms. The summed E-state index contributed by atoms with van der Waals surface area (Å²) in [6.07, 6.45) is 8.98. The molecule has 0 spiro atoms. The summed E-state index contributed by atoms with van der Waals surface area (Å²) in [7, 11) is 0. The fraction of sp³-hybridized carbons (Fsp3) is 0.370. The Kier molecular flexibility index (Phi) is 4.76. The van der Waals surface area contributed by atoms with Crippen molar-refractivity contribution < 1.29 is 4.79 Å². The predicted octanol–water partition coefficient (Wildman–Crippen LogP) is 7.12. The SMILES string of the molecule is O=Cc1ccc(C2CCC3CC(c4ccc5ccccc5c4)CCC3C2)cc1. The molecular weight excluding hydrogens is 340 g/mol. The van der Waals surface area contributed by atoms with Crippen LogP contribution in [0.3, 0.4) is 0 Å². The summed E-state index contributed by atoms with van der Waals surface area (Å²) in [4.78, 5) is 10.9. The van der Waals surface area contributed by atoms with E-state index < -0.39 is 0 Å². The fourth-order valence-electron chi connectivity index (χ4n) is 5.80. The van der Waals surface area contributed by atoms with E-state index in [9.17, 15) is 4.79 Å². The van der Waals surface area contributed by atoms with E-state index in [0.29, 0.717) is 5.92 Å². The van der Waals surface area contributed by atoms with Crippen LogP contribution in [0.4, 0.5) is 0 Å². The van der Waals surface area contributed by atoms with Crippen LogP contribution < -0.4 is 0 Å². The van der Waals surface area contributed by atoms with Crippen molar-refractivity contribution in [1.29, 1.82) is 0 Å². The molecule has 0 N–H and O–H groups in total. The highest BCUT2D eigenvalue weighted by molar-refractivity contribution is 5.83. The van der Waals surface area contributed by atoms with Gasteiger partial charge in [-0.3, -0.25) is 4.79 Å². The Balaban J connectivity index is 1.27. The van der Waals surface area contributed by atoms with Crippen LogP contribution >= 0.6 is 0 Å². The Bertz CT molecular complexity index is 971. The molecule has 2 aliphatic carbocycles. The molecule has 2 aliphatic rings. The number of rotatable bonds is 3. The second kappa shape index (κ2) is 7.54. The Hall–Kier alpha value is -2.41. The zero-order valence-electron chi connectivity index (χ0n) is 16.4. The predicted molar refractivity (Wildman–Crippen MR) is 116 cm³/mol. The number of carbonyl (C=O) groups is 1. The Morgan fingerprint density at radius 1 is 0.643 bits per heavy atom. The molecule has 0 aromatic heterocycles. The highest BCUT2D eigenvalue weighted by Crippen LogP contribution is 2.50. The van der Waals surface area contributed by atoms with Crippen molar-refractivity contribution in [3.63, 3.8) is 0 Å². The van der Waals surface area contributed by atoms with Gasteiger partial charge >= 0.3 is 0 Å². The first kappa shape index (κ1) is 17.7. The van der Waals surface area contributed by atoms with E-state index in [-0.39, 0.29) is 0 Å². The van der Waals surface area contributed by atoms with E-state index in [0.717, 1.165) is 29.6 Å². The number of aldehydes is 1. The van der Waals surface area contributed by atoms with Crippen LogP contribution in [0.1, 0.15) is 71.8 Å². The van der Waals surface area contributed by atoms with Gasteiger partial charge in [-0.05, 0) is 84.1 Å². The van der Waals surface area contributed by atoms with Gasteiger partial charge in [-0.15, -0.1) is 0 Å². The zero-order valence-corrected chi connectivity index (χ0v) is 16.4. The van der Waals surface area contributed by atoms with Crippen molar-refractivity contribution in [2.75, 3.05) is 0 Å². The number of hydrogen-bond acceptors (Lipinski definition) is 1. The molecule has 4 unspecified atom stereocenters. The quantitative estimate of drug-likeness (QED) is 0.450. The Morgan fingerprint density at radius 3 is 1.93 bits per heavy atom. The molecule has 3 aromatic carbocycles. The summed E-state index contributed by atoms with van der Waals surface area (Å²) >= 11 is 0. The first-order valence-electron chi connectivity index (χ1n) is 10.8. The summed E-state index contributed by atoms with van der Waals surface area (Å²) in [5.74, 6) is 3.17. The van der Waals surface area contributed by atoms with Crippen LogP contribution in [-0.2, 0) is 0 Å². The smallest absolute Gasteiger partial charge is 0.150 e. The van der Waals surface area contributed by atoms with Gasteiger partial charge in [0.2, 0.25) is 0 Å². The molecule has 0 radical (unpaired) electrons. The lowest BCUT2D eigenvalue weighted by atomic mass is 9.63. The molecule has 2 saturated carbocycles. The van der Waals surface area contributed by atoms with Crippen molar-refractivity contribution in [1.82, 2.24) is 0 Å². The Labute approximate surface area is 167 Å². The summed E-state index contributed by atoms with van der Waals surface area (Å²) < 4.78 is 0. The Morgan fingerprint density at radius 2 is 1.25 bits per heavy atom. The van der Waals surface area contributed by atoms with Gasteiger partial charge in [0.05, 0.1) is 0 Å². The molecule has 3 aromatic rings. The third-order valence-electron chi connectivity index (χ3n) is 7.40. The first-order valence-corrected chi connectivity index (χ1v) is 10.8. The summed E-state index contributed by atoms with van der Waals surface area (Å²) in [6, 6.07) is 24.1. The molecule has 1 nitrogen and oxygen atoms in total. The lowest BCUT2D eigenvalue weighted by Crippen LogP contribution is -2.29. The van der Waals surface area contributed by atoms with E-state index in [1.807, 2.05) is 12.1 Å². The van der Waals surface area contributed by atoms with Gasteiger partial charge in [0.1, 0.15) is 6.29 Å². The molecule has 0 saturated heterocycles. The molecular formula is C27H28O. The van der Waals surface area contributed by atoms with Gasteiger partial charge in [0.15, 0.2) is 0 Å². The second-order valence-corrected chi connectivity index (χ2v) is 8.93. The van der Waals surface area contributed by atoms with Crippen molar-refractivity contribution in [2.45, 2.75) is 50.4 Å². The van der Waals surface area contributed by atoms with Crippen LogP contribution in [0.25, 0.3) is 10.8 Å². The fourth-order valence-corrected chi connectivity index (χ4v) is 5.80. The topological polar surface area (TPSA) is 17.1 Å². The van der Waals surface area contributed by atoms with Crippen molar-refractivity contribution >= 4 is 17.1 Å². The van der Waals surface area contributed by atoms with Crippen molar-refractivity contribution in [3.05, 3.63) is 83.4 Å². The van der Waals surface area contributed by atoms with E-state index in [1.165, 1.54) is 54.9 Å². The molecule has 0 aliphatic heterocycles. The van der Waals surface area contributed by atoms with Gasteiger partial charge < -0.3 is 0 Å². The van der Waals surface area contributed by atoms with Gasteiger partial charge in [-0.2, -0.15) is 0 Å². The van der Waals surface area contributed by atoms with E-state index in [2.05, 4.69) is 54.6 Å². The lowest BCUT2D eigenvalue weighted by molar-refractivity contribution is 0.112. The standard InChI is InChI=1S/C27H28O/c28-18-19-5-7-21(8-6-19)23-11-12-26-17-27(14-13-25(26)16-23)24-10-9-20-3-1-2-4-22(20)15-24/h1-10,15,18,23,25-27H,11-14,16-17H2. The van der Waals surface area contributed by atoms with Crippen LogP contribution in [0, 0.1) is 11.8 Å². The molecule has 142 valence electrons. The minimum Gasteiger partial charge on any atom is -0.298 e. The minimum absolute atomic E-state index is 0.680. The lowest BCUT2D eigenvalue weighted by Gasteiger charge is -2.42. The highest BCUT2D eigenvalue weighted by atomic mass is 16.1. The van der Waals surface area contributed by atoms with E-state index in [1.54, 1.807) is 5.56 Å².